The molecule has 8 heteroatoms. The van der Waals surface area contributed by atoms with Gasteiger partial charge in [-0.3, -0.25) is 0 Å². The molecule has 0 fully saturated rings. The van der Waals surface area contributed by atoms with Crippen molar-refractivity contribution in [3.8, 4) is 23.6 Å². The number of nitrogens with zero attached hydrogens (tertiary/aromatic N) is 4. The summed E-state index contributed by atoms with van der Waals surface area (Å²) in [6.45, 7) is -0.0623. The van der Waals surface area contributed by atoms with Gasteiger partial charge in [0.25, 0.3) is 0 Å². The topological polar surface area (TPSA) is 130 Å². The van der Waals surface area contributed by atoms with Crippen LogP contribution >= 0.6 is 0 Å². The van der Waals surface area contributed by atoms with Crippen molar-refractivity contribution in [3.63, 3.8) is 0 Å². The lowest BCUT2D eigenvalue weighted by atomic mass is 10.0. The molecule has 0 bridgehead atoms. The van der Waals surface area contributed by atoms with Crippen molar-refractivity contribution >= 4 is 17.5 Å². The summed E-state index contributed by atoms with van der Waals surface area (Å²) in [6, 6.07) is 9.23. The monoisotopic (exact) mass is 339 g/mol. The van der Waals surface area contributed by atoms with Crippen LogP contribution in [0.4, 0.5) is 5.82 Å². The van der Waals surface area contributed by atoms with Gasteiger partial charge in [0.1, 0.15) is 29.2 Å². The van der Waals surface area contributed by atoms with Gasteiger partial charge >= 0.3 is 0 Å². The van der Waals surface area contributed by atoms with E-state index >= 15 is 0 Å². The molecule has 0 amide bonds. The van der Waals surface area contributed by atoms with Crippen molar-refractivity contribution in [1.29, 1.82) is 10.5 Å². The minimum atomic E-state index is -0.189. The summed E-state index contributed by atoms with van der Waals surface area (Å²) in [4.78, 5) is 0. The fraction of sp³-hybridized carbons (Fsp3) is 0.235. The summed E-state index contributed by atoms with van der Waals surface area (Å²) in [5.74, 6) is 1.07. The number of aliphatic hydroxyl groups excluding tert-OH is 1. The van der Waals surface area contributed by atoms with E-state index in [0.29, 0.717) is 17.1 Å². The van der Waals surface area contributed by atoms with Crippen LogP contribution in [0, 0.1) is 22.7 Å². The van der Waals surface area contributed by atoms with Gasteiger partial charge in [-0.2, -0.15) is 15.6 Å². The highest BCUT2D eigenvalue weighted by Crippen LogP contribution is 2.34. The van der Waals surface area contributed by atoms with Crippen LogP contribution in [0.5, 0.6) is 11.5 Å². The number of hydrogen-bond donors (Lipinski definition) is 2. The van der Waals surface area contributed by atoms with Gasteiger partial charge in [-0.05, 0) is 12.1 Å². The highest BCUT2D eigenvalue weighted by Gasteiger charge is 2.19. The SMILES string of the molecule is COc1cccc(C=C(C#N)c2nn(CCO)c(N)c2C#N)c1OC. The molecule has 3 N–H and O–H groups in total. The van der Waals surface area contributed by atoms with E-state index < -0.39 is 0 Å². The minimum Gasteiger partial charge on any atom is -0.493 e. The van der Waals surface area contributed by atoms with Crippen LogP contribution in [-0.4, -0.2) is 35.7 Å². The number of aliphatic hydroxyl groups is 1. The van der Waals surface area contributed by atoms with Gasteiger partial charge < -0.3 is 20.3 Å². The molecule has 0 atom stereocenters. The second kappa shape index (κ2) is 7.86. The minimum absolute atomic E-state index is 0.0862. The Bertz CT molecular complexity index is 887. The van der Waals surface area contributed by atoms with E-state index in [1.165, 1.54) is 18.9 Å². The predicted octanol–water partition coefficient (Wildman–Crippen LogP) is 1.41. The molecule has 0 saturated carbocycles. The Balaban J connectivity index is 2.63. The van der Waals surface area contributed by atoms with Gasteiger partial charge in [-0.25, -0.2) is 4.68 Å². The van der Waals surface area contributed by atoms with Crippen molar-refractivity contribution in [1.82, 2.24) is 9.78 Å². The number of aromatic nitrogens is 2. The molecule has 128 valence electrons. The standard InChI is InChI=1S/C17H17N5O3/c1-24-14-5-3-4-11(16(14)25-2)8-12(9-18)15-13(10-19)17(20)22(21-15)6-7-23/h3-5,8,23H,6-7,20H2,1-2H3. The molecule has 25 heavy (non-hydrogen) atoms. The van der Waals surface area contributed by atoms with E-state index in [1.807, 2.05) is 12.1 Å². The maximum absolute atomic E-state index is 9.54. The van der Waals surface area contributed by atoms with E-state index in [2.05, 4.69) is 5.10 Å². The van der Waals surface area contributed by atoms with Gasteiger partial charge in [-0.1, -0.05) is 12.1 Å². The number of nitrogen functional groups attached to an aromatic ring is 1. The maximum atomic E-state index is 9.54. The maximum Gasteiger partial charge on any atom is 0.167 e. The molecule has 1 aromatic carbocycles. The largest absolute Gasteiger partial charge is 0.493 e. The van der Waals surface area contributed by atoms with Gasteiger partial charge in [0, 0.05) is 5.56 Å². The summed E-state index contributed by atoms with van der Waals surface area (Å²) in [6.07, 6.45) is 1.55. The lowest BCUT2D eigenvalue weighted by Crippen LogP contribution is -2.07. The summed E-state index contributed by atoms with van der Waals surface area (Å²) < 4.78 is 11.9. The van der Waals surface area contributed by atoms with Crippen LogP contribution in [0.25, 0.3) is 11.6 Å². The van der Waals surface area contributed by atoms with E-state index in [9.17, 15) is 10.5 Å². The number of rotatable bonds is 6. The highest BCUT2D eigenvalue weighted by molar-refractivity contribution is 5.92. The normalized spacial score (nSPS) is 10.8. The molecule has 2 rings (SSSR count). The lowest BCUT2D eigenvalue weighted by molar-refractivity contribution is 0.270. The summed E-state index contributed by atoms with van der Waals surface area (Å²) >= 11 is 0. The third-order valence-corrected chi connectivity index (χ3v) is 3.52. The van der Waals surface area contributed by atoms with Gasteiger partial charge in [0.2, 0.25) is 0 Å². The van der Waals surface area contributed by atoms with Crippen LogP contribution in [-0.2, 0) is 6.54 Å². The number of benzene rings is 1. The Morgan fingerprint density at radius 1 is 1.36 bits per heavy atom. The molecule has 0 radical (unpaired) electrons. The third kappa shape index (κ3) is 3.39. The van der Waals surface area contributed by atoms with E-state index in [4.69, 9.17) is 20.3 Å². The first-order chi connectivity index (χ1) is 12.1. The van der Waals surface area contributed by atoms with Crippen LogP contribution in [0.1, 0.15) is 16.8 Å². The van der Waals surface area contributed by atoms with E-state index in [-0.39, 0.29) is 35.8 Å². The molecule has 1 heterocycles. The fourth-order valence-corrected chi connectivity index (χ4v) is 2.37. The van der Waals surface area contributed by atoms with Crippen molar-refractivity contribution in [2.75, 3.05) is 26.6 Å². The van der Waals surface area contributed by atoms with Crippen molar-refractivity contribution in [3.05, 3.63) is 35.0 Å². The molecule has 0 unspecified atom stereocenters. The quantitative estimate of drug-likeness (QED) is 0.761. The highest BCUT2D eigenvalue weighted by atomic mass is 16.5. The molecule has 0 spiro atoms. The molecule has 0 aliphatic rings. The average molecular weight is 339 g/mol. The molecular formula is C17H17N5O3. The van der Waals surface area contributed by atoms with Gasteiger partial charge in [-0.15, -0.1) is 0 Å². The van der Waals surface area contributed by atoms with Crippen LogP contribution < -0.4 is 15.2 Å². The second-order valence-corrected chi connectivity index (χ2v) is 4.92. The van der Waals surface area contributed by atoms with Crippen molar-refractivity contribution in [2.24, 2.45) is 0 Å². The number of para-hydroxylation sites is 1. The Labute approximate surface area is 144 Å². The first-order valence-corrected chi connectivity index (χ1v) is 7.31. The second-order valence-electron chi connectivity index (χ2n) is 4.92. The Hall–Kier alpha value is -3.49. The van der Waals surface area contributed by atoms with E-state index in [1.54, 1.807) is 24.3 Å². The first-order valence-electron chi connectivity index (χ1n) is 7.31. The van der Waals surface area contributed by atoms with Crippen LogP contribution in [0.3, 0.4) is 0 Å². The Morgan fingerprint density at radius 2 is 2.12 bits per heavy atom. The Kier molecular flexibility index (Phi) is 5.62. The number of nitriles is 2. The molecular weight excluding hydrogens is 322 g/mol. The molecule has 0 saturated heterocycles. The zero-order chi connectivity index (χ0) is 18.4. The lowest BCUT2D eigenvalue weighted by Gasteiger charge is -2.10. The van der Waals surface area contributed by atoms with Gasteiger partial charge in [0.05, 0.1) is 32.9 Å². The number of allylic oxidation sites excluding steroid dienone is 1. The molecule has 0 aliphatic heterocycles. The van der Waals surface area contributed by atoms with E-state index in [0.717, 1.165) is 0 Å². The first kappa shape index (κ1) is 17.9. The number of ether oxygens (including phenoxy) is 2. The smallest absolute Gasteiger partial charge is 0.167 e. The summed E-state index contributed by atoms with van der Waals surface area (Å²) in [5.41, 5.74) is 6.85. The molecule has 0 aliphatic carbocycles. The zero-order valence-electron chi connectivity index (χ0n) is 13.9. The van der Waals surface area contributed by atoms with Gasteiger partial charge in [0.15, 0.2) is 11.5 Å². The number of anilines is 1. The summed E-state index contributed by atoms with van der Waals surface area (Å²) in [5, 5.41) is 32.1. The van der Waals surface area contributed by atoms with Crippen molar-refractivity contribution in [2.45, 2.75) is 6.54 Å². The average Bonchev–Trinajstić information content (AvgIpc) is 2.95. The van der Waals surface area contributed by atoms with Crippen LogP contribution in [0.15, 0.2) is 18.2 Å². The zero-order valence-corrected chi connectivity index (χ0v) is 13.9. The predicted molar refractivity (Wildman–Crippen MR) is 91.5 cm³/mol. The Morgan fingerprint density at radius 3 is 2.68 bits per heavy atom. The van der Waals surface area contributed by atoms with Crippen molar-refractivity contribution < 1.29 is 14.6 Å². The molecule has 2 aromatic rings. The molecule has 8 nitrogen and oxygen atoms in total. The fourth-order valence-electron chi connectivity index (χ4n) is 2.37. The molecule has 1 aromatic heterocycles. The summed E-state index contributed by atoms with van der Waals surface area (Å²) in [7, 11) is 3.01. The number of methoxy groups -OCH3 is 2. The van der Waals surface area contributed by atoms with Crippen LogP contribution in [0.2, 0.25) is 0 Å². The third-order valence-electron chi connectivity index (χ3n) is 3.52. The number of hydrogen-bond acceptors (Lipinski definition) is 7. The number of nitrogens with two attached hydrogens (primary N) is 1.